The van der Waals surface area contributed by atoms with Gasteiger partial charge in [0.1, 0.15) is 5.52 Å². The molecule has 1 heterocycles. The van der Waals surface area contributed by atoms with E-state index in [1.165, 1.54) is 0 Å². The summed E-state index contributed by atoms with van der Waals surface area (Å²) in [4.78, 5) is 25.3. The minimum atomic E-state index is -1.42. The van der Waals surface area contributed by atoms with Crippen molar-refractivity contribution in [1.29, 1.82) is 0 Å². The van der Waals surface area contributed by atoms with Gasteiger partial charge in [-0.25, -0.2) is 4.98 Å². The maximum atomic E-state index is 10.8. The van der Waals surface area contributed by atoms with Crippen LogP contribution in [0.25, 0.3) is 11.1 Å². The topological polar surface area (TPSA) is 106 Å². The second-order valence-electron chi connectivity index (χ2n) is 3.85. The van der Waals surface area contributed by atoms with E-state index < -0.39 is 24.3 Å². The zero-order chi connectivity index (χ0) is 13.8. The molecule has 0 aliphatic carbocycles. The summed E-state index contributed by atoms with van der Waals surface area (Å²) in [5.74, 6) is -3.98. The first-order valence-electron chi connectivity index (χ1n) is 5.45. The Hall–Kier alpha value is -0.760. The molecule has 1 atom stereocenters. The number of carbonyl (C=O) groups excluding carboxylic acids is 2. The van der Waals surface area contributed by atoms with E-state index in [0.29, 0.717) is 16.3 Å². The van der Waals surface area contributed by atoms with Crippen molar-refractivity contribution < 1.29 is 24.2 Å². The molecule has 0 fully saturated rings. The van der Waals surface area contributed by atoms with Gasteiger partial charge in [-0.3, -0.25) is 0 Å². The molecule has 0 saturated carbocycles. The van der Waals surface area contributed by atoms with Crippen LogP contribution in [-0.4, -0.2) is 60.4 Å². The molecule has 2 aromatic rings. The zero-order valence-corrected chi connectivity index (χ0v) is 13.4. The summed E-state index contributed by atoms with van der Waals surface area (Å²) in [6.45, 7) is 0. The Morgan fingerprint density at radius 3 is 2.60 bits per heavy atom. The van der Waals surface area contributed by atoms with Gasteiger partial charge in [-0.2, -0.15) is 0 Å². The van der Waals surface area contributed by atoms with Crippen molar-refractivity contribution in [3.63, 3.8) is 0 Å². The van der Waals surface area contributed by atoms with Crippen LogP contribution in [0.4, 0.5) is 0 Å². The molecule has 1 aromatic heterocycles. The van der Waals surface area contributed by atoms with Crippen LogP contribution in [0.2, 0.25) is 0 Å². The third-order valence-corrected chi connectivity index (χ3v) is 3.42. The number of aromatic nitrogens is 1. The number of para-hydroxylation sites is 2. The first-order valence-corrected chi connectivity index (χ1v) is 6.44. The fourth-order valence-electron chi connectivity index (χ4n) is 1.50. The molecule has 0 aliphatic rings. The molecule has 0 N–H and O–H groups in total. The van der Waals surface area contributed by atoms with Crippen LogP contribution in [0, 0.1) is 5.92 Å². The van der Waals surface area contributed by atoms with E-state index in [1.54, 1.807) is 24.3 Å². The SMILES string of the molecule is O=C([O-])CC(CSc1nc2ccccc2o1)C(=O)[O-].[Ca+2]. The number of oxazole rings is 1. The monoisotopic (exact) mass is 319 g/mol. The molecule has 1 aromatic carbocycles. The number of hydrogen-bond donors (Lipinski definition) is 0. The van der Waals surface area contributed by atoms with Gasteiger partial charge in [0, 0.05) is 23.6 Å². The first kappa shape index (κ1) is 17.3. The maximum absolute atomic E-state index is 10.8. The average Bonchev–Trinajstić information content (AvgIpc) is 2.76. The van der Waals surface area contributed by atoms with Gasteiger partial charge in [0.15, 0.2) is 5.58 Å². The van der Waals surface area contributed by atoms with Gasteiger partial charge in [0.25, 0.3) is 5.22 Å². The molecule has 1 unspecified atom stereocenters. The first-order chi connectivity index (χ1) is 9.06. The van der Waals surface area contributed by atoms with Crippen molar-refractivity contribution in [3.05, 3.63) is 24.3 Å². The average molecular weight is 319 g/mol. The van der Waals surface area contributed by atoms with Crippen molar-refractivity contribution in [3.8, 4) is 0 Å². The van der Waals surface area contributed by atoms with E-state index in [2.05, 4.69) is 4.98 Å². The Labute approximate surface area is 148 Å². The number of carbonyl (C=O) groups is 2. The second-order valence-corrected chi connectivity index (χ2v) is 4.82. The van der Waals surface area contributed by atoms with Crippen molar-refractivity contribution >= 4 is 72.5 Å². The molecule has 8 heteroatoms. The predicted molar refractivity (Wildman–Crippen MR) is 68.6 cm³/mol. The molecular formula is C12H9CaNO5S. The molecule has 0 bridgehead atoms. The molecule has 0 aliphatic heterocycles. The van der Waals surface area contributed by atoms with Crippen LogP contribution in [0.5, 0.6) is 0 Å². The number of carboxylic acids is 2. The van der Waals surface area contributed by atoms with E-state index in [0.717, 1.165) is 11.8 Å². The van der Waals surface area contributed by atoms with Gasteiger partial charge < -0.3 is 24.2 Å². The van der Waals surface area contributed by atoms with Gasteiger partial charge >= 0.3 is 37.7 Å². The van der Waals surface area contributed by atoms with Crippen LogP contribution in [0.15, 0.2) is 33.9 Å². The predicted octanol–water partition coefficient (Wildman–Crippen LogP) is -0.955. The third kappa shape index (κ3) is 4.66. The number of thioether (sulfide) groups is 1. The second kappa shape index (κ2) is 7.87. The molecule has 0 spiro atoms. The van der Waals surface area contributed by atoms with Crippen LogP contribution < -0.4 is 10.2 Å². The normalized spacial score (nSPS) is 11.8. The summed E-state index contributed by atoms with van der Waals surface area (Å²) in [6.07, 6.45) is -0.588. The molecule has 2 rings (SSSR count). The van der Waals surface area contributed by atoms with E-state index in [4.69, 9.17) is 4.42 Å². The van der Waals surface area contributed by atoms with E-state index in [-0.39, 0.29) is 43.5 Å². The standard InChI is InChI=1S/C12H11NO5S.Ca/c14-10(15)5-7(11(16)17)6-19-12-13-8-3-1-2-4-9(8)18-12;/h1-4,7H,5-6H2,(H,14,15)(H,16,17);/q;+2/p-2. The maximum Gasteiger partial charge on any atom is 2.00 e. The van der Waals surface area contributed by atoms with Crippen molar-refractivity contribution in [2.75, 3.05) is 5.75 Å². The molecular weight excluding hydrogens is 310 g/mol. The Bertz CT molecular complexity index is 582. The Kier molecular flexibility index (Phi) is 6.81. The number of aliphatic carboxylic acids is 2. The van der Waals surface area contributed by atoms with Crippen molar-refractivity contribution in [2.24, 2.45) is 5.92 Å². The van der Waals surface area contributed by atoms with Gasteiger partial charge in [-0.05, 0) is 18.6 Å². The molecule has 0 amide bonds. The number of hydrogen-bond acceptors (Lipinski definition) is 7. The van der Waals surface area contributed by atoms with Gasteiger partial charge in [0.05, 0.1) is 0 Å². The fourth-order valence-corrected chi connectivity index (χ4v) is 2.41. The third-order valence-electron chi connectivity index (χ3n) is 2.43. The Balaban J connectivity index is 0.00000200. The van der Waals surface area contributed by atoms with Crippen LogP contribution >= 0.6 is 11.8 Å². The molecule has 0 saturated heterocycles. The Morgan fingerprint density at radius 1 is 1.30 bits per heavy atom. The number of benzene rings is 1. The summed E-state index contributed by atoms with van der Waals surface area (Å²) in [7, 11) is 0. The van der Waals surface area contributed by atoms with E-state index in [9.17, 15) is 19.8 Å². The summed E-state index contributed by atoms with van der Waals surface area (Å²) in [5, 5.41) is 21.5. The molecule has 0 radical (unpaired) electrons. The number of carboxylic acid groups (broad SMARTS) is 2. The summed E-state index contributed by atoms with van der Waals surface area (Å²) < 4.78 is 5.38. The summed E-state index contributed by atoms with van der Waals surface area (Å²) in [6, 6.07) is 7.10. The Morgan fingerprint density at radius 2 is 2.00 bits per heavy atom. The summed E-state index contributed by atoms with van der Waals surface area (Å²) in [5.41, 5.74) is 1.25. The fraction of sp³-hybridized carbons (Fsp3) is 0.250. The zero-order valence-electron chi connectivity index (χ0n) is 10.4. The number of fused-ring (bicyclic) bond motifs is 1. The number of rotatable bonds is 6. The van der Waals surface area contributed by atoms with Crippen LogP contribution in [-0.2, 0) is 9.59 Å². The summed E-state index contributed by atoms with van der Waals surface area (Å²) >= 11 is 1.03. The quantitative estimate of drug-likeness (QED) is 0.499. The van der Waals surface area contributed by atoms with E-state index >= 15 is 0 Å². The van der Waals surface area contributed by atoms with Gasteiger partial charge in [0.2, 0.25) is 0 Å². The van der Waals surface area contributed by atoms with E-state index in [1.807, 2.05) is 0 Å². The van der Waals surface area contributed by atoms with Gasteiger partial charge in [-0.1, -0.05) is 23.9 Å². The number of nitrogens with zero attached hydrogens (tertiary/aromatic N) is 1. The largest absolute Gasteiger partial charge is 2.00 e. The molecule has 20 heavy (non-hydrogen) atoms. The van der Waals surface area contributed by atoms with Crippen molar-refractivity contribution in [1.82, 2.24) is 4.98 Å². The minimum absolute atomic E-state index is 0. The van der Waals surface area contributed by atoms with Gasteiger partial charge in [-0.15, -0.1) is 0 Å². The van der Waals surface area contributed by atoms with Crippen LogP contribution in [0.3, 0.4) is 0 Å². The smallest absolute Gasteiger partial charge is 0.550 e. The van der Waals surface area contributed by atoms with Crippen LogP contribution in [0.1, 0.15) is 6.42 Å². The van der Waals surface area contributed by atoms with Crippen molar-refractivity contribution in [2.45, 2.75) is 11.6 Å². The molecule has 100 valence electrons. The minimum Gasteiger partial charge on any atom is -0.550 e. The molecule has 6 nitrogen and oxygen atoms in total.